The van der Waals surface area contributed by atoms with E-state index in [0.717, 1.165) is 18.2 Å². The van der Waals surface area contributed by atoms with Crippen LogP contribution < -0.4 is 11.1 Å². The number of nitrogens with one attached hydrogen (secondary N) is 2. The number of aliphatic hydroxyl groups excluding tert-OH is 1. The number of phenolic OH excluding ortho intramolecular Hbond substituents is 1. The number of nitrogens with two attached hydrogens (primary N) is 1. The molecule has 0 unspecified atom stereocenters. The van der Waals surface area contributed by atoms with E-state index in [1.807, 2.05) is 0 Å². The average molecular weight is 397 g/mol. The highest BCUT2D eigenvalue weighted by molar-refractivity contribution is 6.68. The molecule has 0 saturated heterocycles. The van der Waals surface area contributed by atoms with Crippen molar-refractivity contribution in [3.05, 3.63) is 58.6 Å². The number of phenols is 1. The zero-order valence-corrected chi connectivity index (χ0v) is 14.7. The second kappa shape index (κ2) is 8.11. The number of allylic oxidation sites excluding steroid dienone is 2. The summed E-state index contributed by atoms with van der Waals surface area (Å²) in [5, 5.41) is 28.2. The molecule has 1 heterocycles. The fraction of sp³-hybridized carbons (Fsp3) is 0.118. The van der Waals surface area contributed by atoms with Gasteiger partial charge in [-0.2, -0.15) is 0 Å². The highest BCUT2D eigenvalue weighted by atomic mass is 35.5. The van der Waals surface area contributed by atoms with Gasteiger partial charge >= 0.3 is 0 Å². The molecular formula is C17H15ClF2N4O3. The number of pyridine rings is 1. The quantitative estimate of drug-likeness (QED) is 0.495. The molecule has 1 aromatic carbocycles. The van der Waals surface area contributed by atoms with E-state index < -0.39 is 40.6 Å². The van der Waals surface area contributed by atoms with Gasteiger partial charge in [0.25, 0.3) is 5.91 Å². The van der Waals surface area contributed by atoms with Crippen molar-refractivity contribution in [2.45, 2.75) is 13.5 Å². The lowest BCUT2D eigenvalue weighted by molar-refractivity contribution is 0.0964. The zero-order chi connectivity index (χ0) is 20.3. The normalized spacial score (nSPS) is 11.7. The summed E-state index contributed by atoms with van der Waals surface area (Å²) in [5.74, 6) is -3.21. The molecule has 0 radical (unpaired) electrons. The number of carbonyl (C=O) groups excluding carboxylic acids is 1. The Kier molecular flexibility index (Phi) is 6.09. The molecule has 1 amide bonds. The fourth-order valence-electron chi connectivity index (χ4n) is 2.19. The van der Waals surface area contributed by atoms with E-state index in [0.29, 0.717) is 0 Å². The van der Waals surface area contributed by atoms with Crippen molar-refractivity contribution in [3.8, 4) is 17.0 Å². The van der Waals surface area contributed by atoms with E-state index in [4.69, 9.17) is 27.9 Å². The number of aromatic hydroxyl groups is 1. The van der Waals surface area contributed by atoms with Crippen LogP contribution in [0.2, 0.25) is 0 Å². The van der Waals surface area contributed by atoms with Crippen LogP contribution in [-0.2, 0) is 6.61 Å². The Morgan fingerprint density at radius 1 is 1.33 bits per heavy atom. The van der Waals surface area contributed by atoms with E-state index in [9.17, 15) is 18.7 Å². The van der Waals surface area contributed by atoms with Gasteiger partial charge in [-0.1, -0.05) is 11.6 Å². The molecule has 0 bridgehead atoms. The minimum absolute atomic E-state index is 0.0406. The van der Waals surface area contributed by atoms with Gasteiger partial charge in [-0.25, -0.2) is 13.8 Å². The van der Waals surface area contributed by atoms with Gasteiger partial charge in [-0.3, -0.25) is 10.2 Å². The Balaban J connectivity index is 2.44. The third kappa shape index (κ3) is 4.39. The summed E-state index contributed by atoms with van der Waals surface area (Å²) in [6.07, 6.45) is 0. The van der Waals surface area contributed by atoms with Crippen LogP contribution in [0.25, 0.3) is 11.3 Å². The Morgan fingerprint density at radius 2 is 2.00 bits per heavy atom. The second-order valence-corrected chi connectivity index (χ2v) is 5.84. The van der Waals surface area contributed by atoms with E-state index in [2.05, 4.69) is 10.3 Å². The molecular weight excluding hydrogens is 382 g/mol. The van der Waals surface area contributed by atoms with Crippen LogP contribution >= 0.6 is 11.6 Å². The van der Waals surface area contributed by atoms with Crippen LogP contribution in [0.4, 0.5) is 8.78 Å². The molecule has 2 aromatic rings. The topological polar surface area (TPSA) is 132 Å². The number of amides is 1. The highest BCUT2D eigenvalue weighted by Gasteiger charge is 2.20. The molecule has 2 rings (SSSR count). The number of rotatable bonds is 5. The van der Waals surface area contributed by atoms with E-state index in [1.165, 1.54) is 13.0 Å². The largest absolute Gasteiger partial charge is 0.507 e. The Hall–Kier alpha value is -3.04. The summed E-state index contributed by atoms with van der Waals surface area (Å²) in [5.41, 5.74) is 4.42. The van der Waals surface area contributed by atoms with Crippen LogP contribution in [0.1, 0.15) is 23.0 Å². The number of hydrogen-bond acceptors (Lipinski definition) is 6. The molecule has 0 atom stereocenters. The van der Waals surface area contributed by atoms with Crippen molar-refractivity contribution in [1.82, 2.24) is 10.3 Å². The molecule has 7 nitrogen and oxygen atoms in total. The summed E-state index contributed by atoms with van der Waals surface area (Å²) in [7, 11) is 0. The first kappa shape index (κ1) is 20.3. The summed E-state index contributed by atoms with van der Waals surface area (Å²) in [6, 6.07) is 3.86. The van der Waals surface area contributed by atoms with Crippen molar-refractivity contribution in [2.75, 3.05) is 0 Å². The third-order valence-electron chi connectivity index (χ3n) is 3.53. The van der Waals surface area contributed by atoms with Gasteiger partial charge in [-0.05, 0) is 31.2 Å². The first-order chi connectivity index (χ1) is 12.6. The van der Waals surface area contributed by atoms with Gasteiger partial charge < -0.3 is 21.3 Å². The van der Waals surface area contributed by atoms with Crippen molar-refractivity contribution in [2.24, 2.45) is 5.73 Å². The van der Waals surface area contributed by atoms with Crippen LogP contribution in [0, 0.1) is 17.0 Å². The smallest absolute Gasteiger partial charge is 0.259 e. The number of benzene rings is 1. The molecule has 0 aliphatic heterocycles. The van der Waals surface area contributed by atoms with Crippen molar-refractivity contribution < 1.29 is 23.8 Å². The van der Waals surface area contributed by atoms with Crippen molar-refractivity contribution >= 4 is 22.7 Å². The first-order valence-electron chi connectivity index (χ1n) is 7.47. The van der Waals surface area contributed by atoms with Crippen LogP contribution in [-0.4, -0.2) is 26.3 Å². The monoisotopic (exact) mass is 396 g/mol. The summed E-state index contributed by atoms with van der Waals surface area (Å²) < 4.78 is 27.9. The highest BCUT2D eigenvalue weighted by Crippen LogP contribution is 2.29. The van der Waals surface area contributed by atoms with Crippen molar-refractivity contribution in [1.29, 1.82) is 5.41 Å². The molecule has 0 spiro atoms. The minimum Gasteiger partial charge on any atom is -0.507 e. The van der Waals surface area contributed by atoms with Gasteiger partial charge in [0.2, 0.25) is 0 Å². The molecule has 0 aliphatic rings. The van der Waals surface area contributed by atoms with Crippen LogP contribution in [0.15, 0.2) is 35.7 Å². The maximum absolute atomic E-state index is 14.5. The number of halogens is 3. The molecule has 142 valence electrons. The van der Waals surface area contributed by atoms with Crippen molar-refractivity contribution in [3.63, 3.8) is 0 Å². The van der Waals surface area contributed by atoms with Crippen LogP contribution in [0.3, 0.4) is 0 Å². The molecule has 0 fully saturated rings. The summed E-state index contributed by atoms with van der Waals surface area (Å²) in [6.45, 7) is 0.709. The predicted octanol–water partition coefficient (Wildman–Crippen LogP) is 2.36. The van der Waals surface area contributed by atoms with Gasteiger partial charge in [0.05, 0.1) is 23.6 Å². The Labute approximate surface area is 157 Å². The maximum Gasteiger partial charge on any atom is 0.259 e. The van der Waals surface area contributed by atoms with Gasteiger partial charge in [-0.15, -0.1) is 0 Å². The van der Waals surface area contributed by atoms with E-state index in [1.54, 1.807) is 0 Å². The number of hydrogen-bond donors (Lipinski definition) is 5. The van der Waals surface area contributed by atoms with Crippen LogP contribution in [0.5, 0.6) is 5.75 Å². The lowest BCUT2D eigenvalue weighted by Gasteiger charge is -2.12. The lowest BCUT2D eigenvalue weighted by atomic mass is 10.0. The summed E-state index contributed by atoms with van der Waals surface area (Å²) >= 11 is 5.52. The third-order valence-corrected chi connectivity index (χ3v) is 3.72. The maximum atomic E-state index is 14.5. The Morgan fingerprint density at radius 3 is 2.56 bits per heavy atom. The molecule has 6 N–H and O–H groups in total. The zero-order valence-electron chi connectivity index (χ0n) is 14.0. The number of nitrogens with zero attached hydrogens (tertiary/aromatic N) is 1. The number of aromatic nitrogens is 1. The van der Waals surface area contributed by atoms with Gasteiger partial charge in [0.15, 0.2) is 0 Å². The number of aliphatic hydroxyl groups is 1. The predicted molar refractivity (Wildman–Crippen MR) is 95.1 cm³/mol. The molecule has 0 aliphatic carbocycles. The molecule has 0 saturated carbocycles. The first-order valence-corrected chi connectivity index (χ1v) is 7.84. The van der Waals surface area contributed by atoms with Gasteiger partial charge in [0, 0.05) is 11.3 Å². The van der Waals surface area contributed by atoms with E-state index in [-0.39, 0.29) is 28.3 Å². The average Bonchev–Trinajstić information content (AvgIpc) is 2.61. The Bertz CT molecular complexity index is 959. The van der Waals surface area contributed by atoms with E-state index >= 15 is 0 Å². The molecule has 1 aromatic heterocycles. The molecule has 27 heavy (non-hydrogen) atoms. The minimum atomic E-state index is -0.939. The standard InChI is InChI=1S/C17H15ClF2N4O3/c1-7(21)15(16(18)22)24-17(27)9-4-11(20)8(5-14(9)26)12-3-2-10(19)13(6-25)23-12/h2-5,22,25-26H,6,21H2,1H3,(H,24,27). The lowest BCUT2D eigenvalue weighted by Crippen LogP contribution is -2.28. The summed E-state index contributed by atoms with van der Waals surface area (Å²) in [4.78, 5) is 16.0. The second-order valence-electron chi connectivity index (χ2n) is 5.46. The van der Waals surface area contributed by atoms with Gasteiger partial charge in [0.1, 0.15) is 28.2 Å². The fourth-order valence-corrected chi connectivity index (χ4v) is 2.39. The number of carbonyl (C=O) groups is 1. The SMILES string of the molecule is CC(N)=C(NC(=O)c1cc(F)c(-c2ccc(F)c(CO)n2)cc1O)C(=N)Cl. The molecule has 10 heteroatoms.